The largest absolute Gasteiger partial charge is 0.293 e. The van der Waals surface area contributed by atoms with Crippen molar-refractivity contribution in [3.8, 4) is 0 Å². The minimum atomic E-state index is 0.321. The summed E-state index contributed by atoms with van der Waals surface area (Å²) in [4.78, 5) is 14.3. The van der Waals surface area contributed by atoms with Gasteiger partial charge in [0.1, 0.15) is 0 Å². The zero-order chi connectivity index (χ0) is 10.3. The van der Waals surface area contributed by atoms with Gasteiger partial charge < -0.3 is 0 Å². The summed E-state index contributed by atoms with van der Waals surface area (Å²) in [5.74, 6) is 1.46. The van der Waals surface area contributed by atoms with Gasteiger partial charge in [0.2, 0.25) is 0 Å². The molecule has 1 saturated carbocycles. The number of aryl methyl sites for hydroxylation is 2. The first-order valence-electron chi connectivity index (χ1n) is 5.19. The minimum absolute atomic E-state index is 0.321. The van der Waals surface area contributed by atoms with Gasteiger partial charge in [0.15, 0.2) is 5.78 Å². The molecule has 0 bridgehead atoms. The zero-order valence-electron chi connectivity index (χ0n) is 8.96. The standard InChI is InChI=1S/C12H16OS/c1-7-4-10(5-7)11(13)12-8(2)6-9(3)14-12/h6-7,10H,4-5H2,1-3H3. The number of rotatable bonds is 2. The molecule has 0 radical (unpaired) electrons. The van der Waals surface area contributed by atoms with Crippen molar-refractivity contribution in [3.63, 3.8) is 0 Å². The molecule has 76 valence electrons. The summed E-state index contributed by atoms with van der Waals surface area (Å²) in [7, 11) is 0. The first-order chi connectivity index (χ1) is 6.58. The summed E-state index contributed by atoms with van der Waals surface area (Å²) in [5, 5.41) is 0. The summed E-state index contributed by atoms with van der Waals surface area (Å²) in [6, 6.07) is 2.11. The fourth-order valence-electron chi connectivity index (χ4n) is 2.19. The normalized spacial score (nSPS) is 25.9. The van der Waals surface area contributed by atoms with E-state index in [1.807, 2.05) is 6.92 Å². The van der Waals surface area contributed by atoms with Crippen molar-refractivity contribution < 1.29 is 4.79 Å². The Morgan fingerprint density at radius 1 is 1.43 bits per heavy atom. The number of carbonyl (C=O) groups excluding carboxylic acids is 1. The Morgan fingerprint density at radius 3 is 2.50 bits per heavy atom. The van der Waals surface area contributed by atoms with Crippen LogP contribution in [0.25, 0.3) is 0 Å². The maximum absolute atomic E-state index is 12.0. The molecular weight excluding hydrogens is 192 g/mol. The molecule has 14 heavy (non-hydrogen) atoms. The molecule has 0 N–H and O–H groups in total. The van der Waals surface area contributed by atoms with Gasteiger partial charge in [-0.05, 0) is 44.2 Å². The quantitative estimate of drug-likeness (QED) is 0.679. The van der Waals surface area contributed by atoms with Gasteiger partial charge in [-0.25, -0.2) is 0 Å². The SMILES string of the molecule is Cc1cc(C)c(C(=O)C2CC(C)C2)s1. The maximum atomic E-state index is 12.0. The minimum Gasteiger partial charge on any atom is -0.293 e. The van der Waals surface area contributed by atoms with E-state index >= 15 is 0 Å². The van der Waals surface area contributed by atoms with Crippen LogP contribution in [0.1, 0.15) is 39.9 Å². The highest BCUT2D eigenvalue weighted by atomic mass is 32.1. The van der Waals surface area contributed by atoms with E-state index in [-0.39, 0.29) is 0 Å². The molecule has 2 rings (SSSR count). The summed E-state index contributed by atoms with van der Waals surface area (Å²) < 4.78 is 0. The van der Waals surface area contributed by atoms with Crippen molar-refractivity contribution in [1.82, 2.24) is 0 Å². The third-order valence-corrected chi connectivity index (χ3v) is 4.18. The van der Waals surface area contributed by atoms with Crippen LogP contribution in [0.3, 0.4) is 0 Å². The van der Waals surface area contributed by atoms with E-state index in [0.29, 0.717) is 11.7 Å². The van der Waals surface area contributed by atoms with Crippen LogP contribution in [0, 0.1) is 25.7 Å². The molecule has 1 aliphatic rings. The van der Waals surface area contributed by atoms with Crippen molar-refractivity contribution >= 4 is 17.1 Å². The topological polar surface area (TPSA) is 17.1 Å². The van der Waals surface area contributed by atoms with Gasteiger partial charge in [-0.1, -0.05) is 6.92 Å². The van der Waals surface area contributed by atoms with Crippen LogP contribution in [0.5, 0.6) is 0 Å². The third-order valence-electron chi connectivity index (χ3n) is 3.01. The van der Waals surface area contributed by atoms with E-state index in [1.165, 1.54) is 4.88 Å². The predicted octanol–water partition coefficient (Wildman–Crippen LogP) is 3.59. The Hall–Kier alpha value is -0.630. The molecule has 0 aromatic carbocycles. The maximum Gasteiger partial charge on any atom is 0.176 e. The monoisotopic (exact) mass is 208 g/mol. The van der Waals surface area contributed by atoms with Gasteiger partial charge in [-0.15, -0.1) is 11.3 Å². The summed E-state index contributed by atoms with van der Waals surface area (Å²) >= 11 is 1.65. The lowest BCUT2D eigenvalue weighted by atomic mass is 9.73. The first-order valence-corrected chi connectivity index (χ1v) is 6.01. The van der Waals surface area contributed by atoms with E-state index in [9.17, 15) is 4.79 Å². The molecule has 1 aromatic rings. The number of thiophene rings is 1. The molecule has 0 unspecified atom stereocenters. The number of hydrogen-bond acceptors (Lipinski definition) is 2. The fraction of sp³-hybridized carbons (Fsp3) is 0.583. The molecule has 1 aromatic heterocycles. The number of Topliss-reactive ketones (excluding diaryl/α,β-unsaturated/α-hetero) is 1. The first kappa shape index (κ1) is 9.91. The number of hydrogen-bond donors (Lipinski definition) is 0. The van der Waals surface area contributed by atoms with Gasteiger partial charge in [0, 0.05) is 10.8 Å². The summed E-state index contributed by atoms with van der Waals surface area (Å²) in [5.41, 5.74) is 1.16. The lowest BCUT2D eigenvalue weighted by Crippen LogP contribution is -2.28. The molecule has 2 heteroatoms. The molecular formula is C12H16OS. The van der Waals surface area contributed by atoms with Crippen LogP contribution >= 0.6 is 11.3 Å². The molecule has 0 spiro atoms. The van der Waals surface area contributed by atoms with E-state index in [4.69, 9.17) is 0 Å². The van der Waals surface area contributed by atoms with Crippen LogP contribution in [-0.4, -0.2) is 5.78 Å². The van der Waals surface area contributed by atoms with Crippen molar-refractivity contribution in [2.24, 2.45) is 11.8 Å². The fourth-order valence-corrected chi connectivity index (χ4v) is 3.23. The Kier molecular flexibility index (Phi) is 2.48. The molecule has 0 atom stereocenters. The molecule has 1 heterocycles. The molecule has 1 nitrogen and oxygen atoms in total. The van der Waals surface area contributed by atoms with Crippen molar-refractivity contribution in [2.45, 2.75) is 33.6 Å². The second-order valence-corrected chi connectivity index (χ2v) is 5.76. The number of ketones is 1. The predicted molar refractivity (Wildman–Crippen MR) is 60.0 cm³/mol. The Bertz CT molecular complexity index is 358. The lowest BCUT2D eigenvalue weighted by Gasteiger charge is -2.31. The lowest BCUT2D eigenvalue weighted by molar-refractivity contribution is 0.0795. The summed E-state index contributed by atoms with van der Waals surface area (Å²) in [6.07, 6.45) is 2.18. The van der Waals surface area contributed by atoms with E-state index in [0.717, 1.165) is 29.2 Å². The van der Waals surface area contributed by atoms with Crippen LogP contribution in [0.15, 0.2) is 6.07 Å². The molecule has 0 saturated heterocycles. The molecule has 0 amide bonds. The van der Waals surface area contributed by atoms with Crippen molar-refractivity contribution in [1.29, 1.82) is 0 Å². The Labute approximate surface area is 89.1 Å². The average molecular weight is 208 g/mol. The van der Waals surface area contributed by atoms with Crippen LogP contribution in [0.2, 0.25) is 0 Å². The molecule has 1 fully saturated rings. The second kappa shape index (κ2) is 3.50. The van der Waals surface area contributed by atoms with Crippen LogP contribution in [-0.2, 0) is 0 Å². The molecule has 0 aliphatic heterocycles. The van der Waals surface area contributed by atoms with Gasteiger partial charge in [-0.3, -0.25) is 4.79 Å². The smallest absolute Gasteiger partial charge is 0.176 e. The van der Waals surface area contributed by atoms with E-state index in [1.54, 1.807) is 11.3 Å². The van der Waals surface area contributed by atoms with Gasteiger partial charge >= 0.3 is 0 Å². The van der Waals surface area contributed by atoms with Crippen LogP contribution < -0.4 is 0 Å². The van der Waals surface area contributed by atoms with Crippen LogP contribution in [0.4, 0.5) is 0 Å². The van der Waals surface area contributed by atoms with Crippen molar-refractivity contribution in [2.75, 3.05) is 0 Å². The Balaban J connectivity index is 2.15. The number of carbonyl (C=O) groups is 1. The zero-order valence-corrected chi connectivity index (χ0v) is 9.78. The molecule has 1 aliphatic carbocycles. The van der Waals surface area contributed by atoms with E-state index < -0.39 is 0 Å². The van der Waals surface area contributed by atoms with Gasteiger partial charge in [0.25, 0.3) is 0 Å². The van der Waals surface area contributed by atoms with Gasteiger partial charge in [0.05, 0.1) is 4.88 Å². The third kappa shape index (κ3) is 1.63. The van der Waals surface area contributed by atoms with E-state index in [2.05, 4.69) is 19.9 Å². The highest BCUT2D eigenvalue weighted by molar-refractivity contribution is 7.14. The van der Waals surface area contributed by atoms with Gasteiger partial charge in [-0.2, -0.15) is 0 Å². The second-order valence-electron chi connectivity index (χ2n) is 4.51. The average Bonchev–Trinajstić information content (AvgIpc) is 2.39. The highest BCUT2D eigenvalue weighted by Crippen LogP contribution is 2.37. The van der Waals surface area contributed by atoms with Crippen molar-refractivity contribution in [3.05, 3.63) is 21.4 Å². The summed E-state index contributed by atoms with van der Waals surface area (Å²) in [6.45, 7) is 6.33. The highest BCUT2D eigenvalue weighted by Gasteiger charge is 2.33. The Morgan fingerprint density at radius 2 is 2.07 bits per heavy atom.